The van der Waals surface area contributed by atoms with E-state index >= 15 is 0 Å². The number of hydrogen-bond acceptors (Lipinski definition) is 2. The molecule has 9 heavy (non-hydrogen) atoms. The topological polar surface area (TPSA) is 46.2 Å². The van der Waals surface area contributed by atoms with Crippen LogP contribution in [0.1, 0.15) is 27.2 Å². The molecule has 1 atom stereocenters. The molecular weight excluding hydrogens is 114 g/mol. The first-order valence-electron chi connectivity index (χ1n) is 3.40. The second kappa shape index (κ2) is 3.18. The van der Waals surface area contributed by atoms with Crippen LogP contribution in [0.2, 0.25) is 0 Å². The minimum atomic E-state index is -0.659. The van der Waals surface area contributed by atoms with Crippen molar-refractivity contribution in [3.05, 3.63) is 0 Å². The highest BCUT2D eigenvalue weighted by molar-refractivity contribution is 4.74. The van der Waals surface area contributed by atoms with Crippen LogP contribution in [-0.2, 0) is 0 Å². The molecule has 0 fully saturated rings. The fraction of sp³-hybridized carbons (Fsp3) is 1.00. The lowest BCUT2D eigenvalue weighted by molar-refractivity contribution is 0.0473. The molecule has 0 heterocycles. The van der Waals surface area contributed by atoms with E-state index in [1.165, 1.54) is 0 Å². The van der Waals surface area contributed by atoms with Crippen LogP contribution in [0.4, 0.5) is 0 Å². The van der Waals surface area contributed by atoms with Crippen molar-refractivity contribution < 1.29 is 5.11 Å². The molecule has 0 aliphatic rings. The van der Waals surface area contributed by atoms with Crippen molar-refractivity contribution in [1.29, 1.82) is 0 Å². The third-order valence-electron chi connectivity index (χ3n) is 1.29. The van der Waals surface area contributed by atoms with Gasteiger partial charge in [0.1, 0.15) is 0 Å². The summed E-state index contributed by atoms with van der Waals surface area (Å²) in [7, 11) is 0. The lowest BCUT2D eigenvalue weighted by atomic mass is 9.95. The Labute approximate surface area is 57.1 Å². The third-order valence-corrected chi connectivity index (χ3v) is 1.29. The van der Waals surface area contributed by atoms with Crippen molar-refractivity contribution >= 4 is 0 Å². The average Bonchev–Trinajstić information content (AvgIpc) is 1.63. The SMILES string of the molecule is CC(C)CC(C)(O)CN. The summed E-state index contributed by atoms with van der Waals surface area (Å²) in [4.78, 5) is 0. The lowest BCUT2D eigenvalue weighted by Gasteiger charge is -2.22. The number of hydrogen-bond donors (Lipinski definition) is 2. The molecule has 0 aromatic rings. The Kier molecular flexibility index (Phi) is 3.15. The van der Waals surface area contributed by atoms with Crippen LogP contribution < -0.4 is 5.73 Å². The van der Waals surface area contributed by atoms with Gasteiger partial charge in [0.25, 0.3) is 0 Å². The molecule has 2 nitrogen and oxygen atoms in total. The smallest absolute Gasteiger partial charge is 0.0743 e. The van der Waals surface area contributed by atoms with Gasteiger partial charge in [0.15, 0.2) is 0 Å². The molecule has 0 aromatic heterocycles. The van der Waals surface area contributed by atoms with Gasteiger partial charge < -0.3 is 10.8 Å². The summed E-state index contributed by atoms with van der Waals surface area (Å²) in [6.45, 7) is 6.27. The summed E-state index contributed by atoms with van der Waals surface area (Å²) in [5, 5.41) is 9.37. The van der Waals surface area contributed by atoms with Crippen LogP contribution in [-0.4, -0.2) is 17.3 Å². The highest BCUT2D eigenvalue weighted by Crippen LogP contribution is 2.13. The zero-order chi connectivity index (χ0) is 7.49. The zero-order valence-corrected chi connectivity index (χ0v) is 6.52. The molecule has 0 bridgehead atoms. The van der Waals surface area contributed by atoms with E-state index in [1.54, 1.807) is 6.92 Å². The third kappa shape index (κ3) is 4.43. The number of aliphatic hydroxyl groups is 1. The van der Waals surface area contributed by atoms with E-state index in [0.717, 1.165) is 6.42 Å². The van der Waals surface area contributed by atoms with Gasteiger partial charge in [-0.05, 0) is 19.3 Å². The summed E-state index contributed by atoms with van der Waals surface area (Å²) in [5.41, 5.74) is 4.65. The molecule has 0 aliphatic heterocycles. The standard InChI is InChI=1S/C7H17NO/c1-6(2)4-7(3,9)5-8/h6,9H,4-5,8H2,1-3H3. The Morgan fingerprint density at radius 2 is 2.00 bits per heavy atom. The van der Waals surface area contributed by atoms with E-state index in [2.05, 4.69) is 13.8 Å². The van der Waals surface area contributed by atoms with E-state index < -0.39 is 5.60 Å². The van der Waals surface area contributed by atoms with E-state index in [-0.39, 0.29) is 0 Å². The van der Waals surface area contributed by atoms with Gasteiger partial charge in [-0.3, -0.25) is 0 Å². The van der Waals surface area contributed by atoms with E-state index in [0.29, 0.717) is 12.5 Å². The molecule has 3 N–H and O–H groups in total. The maximum absolute atomic E-state index is 9.37. The van der Waals surface area contributed by atoms with Gasteiger partial charge in [-0.1, -0.05) is 13.8 Å². The monoisotopic (exact) mass is 131 g/mol. The van der Waals surface area contributed by atoms with Crippen molar-refractivity contribution in [3.63, 3.8) is 0 Å². The van der Waals surface area contributed by atoms with Crippen molar-refractivity contribution in [2.24, 2.45) is 11.7 Å². The Balaban J connectivity index is 3.58. The molecular formula is C7H17NO. The van der Waals surface area contributed by atoms with Crippen LogP contribution in [0.25, 0.3) is 0 Å². The van der Waals surface area contributed by atoms with Crippen LogP contribution in [0.3, 0.4) is 0 Å². The van der Waals surface area contributed by atoms with E-state index in [4.69, 9.17) is 5.73 Å². The molecule has 0 aliphatic carbocycles. The lowest BCUT2D eigenvalue weighted by Crippen LogP contribution is -2.35. The Morgan fingerprint density at radius 3 is 2.11 bits per heavy atom. The molecule has 56 valence electrons. The second-order valence-corrected chi connectivity index (χ2v) is 3.30. The van der Waals surface area contributed by atoms with Crippen molar-refractivity contribution in [1.82, 2.24) is 0 Å². The molecule has 0 saturated carbocycles. The predicted octanol–water partition coefficient (Wildman–Crippen LogP) is 0.742. The molecule has 0 rings (SSSR count). The quantitative estimate of drug-likeness (QED) is 0.593. The van der Waals surface area contributed by atoms with Crippen LogP contribution in [0.5, 0.6) is 0 Å². The number of nitrogens with two attached hydrogens (primary N) is 1. The fourth-order valence-electron chi connectivity index (χ4n) is 0.963. The largest absolute Gasteiger partial charge is 0.389 e. The zero-order valence-electron chi connectivity index (χ0n) is 6.52. The summed E-state index contributed by atoms with van der Waals surface area (Å²) < 4.78 is 0. The second-order valence-electron chi connectivity index (χ2n) is 3.30. The normalized spacial score (nSPS) is 18.0. The van der Waals surface area contributed by atoms with Gasteiger partial charge in [0.2, 0.25) is 0 Å². The first-order valence-corrected chi connectivity index (χ1v) is 3.40. The van der Waals surface area contributed by atoms with Gasteiger partial charge >= 0.3 is 0 Å². The van der Waals surface area contributed by atoms with Crippen LogP contribution in [0.15, 0.2) is 0 Å². The fourth-order valence-corrected chi connectivity index (χ4v) is 0.963. The first-order chi connectivity index (χ1) is 3.98. The molecule has 0 radical (unpaired) electrons. The molecule has 0 amide bonds. The van der Waals surface area contributed by atoms with Gasteiger partial charge in [0, 0.05) is 6.54 Å². The van der Waals surface area contributed by atoms with Crippen molar-refractivity contribution in [3.8, 4) is 0 Å². The summed E-state index contributed by atoms with van der Waals surface area (Å²) in [6, 6.07) is 0. The first kappa shape index (κ1) is 8.92. The average molecular weight is 131 g/mol. The van der Waals surface area contributed by atoms with Crippen LogP contribution >= 0.6 is 0 Å². The summed E-state index contributed by atoms with van der Waals surface area (Å²) in [6.07, 6.45) is 0.781. The predicted molar refractivity (Wildman–Crippen MR) is 39.1 cm³/mol. The molecule has 2 heteroatoms. The Hall–Kier alpha value is -0.0800. The highest BCUT2D eigenvalue weighted by atomic mass is 16.3. The van der Waals surface area contributed by atoms with Gasteiger partial charge in [-0.15, -0.1) is 0 Å². The van der Waals surface area contributed by atoms with E-state index in [1.807, 2.05) is 0 Å². The molecule has 0 spiro atoms. The Morgan fingerprint density at radius 1 is 1.56 bits per heavy atom. The molecule has 0 aromatic carbocycles. The van der Waals surface area contributed by atoms with E-state index in [9.17, 15) is 5.11 Å². The Bertz CT molecular complexity index is 79.0. The number of rotatable bonds is 3. The van der Waals surface area contributed by atoms with Crippen molar-refractivity contribution in [2.45, 2.75) is 32.8 Å². The van der Waals surface area contributed by atoms with Gasteiger partial charge in [-0.2, -0.15) is 0 Å². The molecule has 1 unspecified atom stereocenters. The maximum Gasteiger partial charge on any atom is 0.0743 e. The minimum Gasteiger partial charge on any atom is -0.389 e. The van der Waals surface area contributed by atoms with Crippen molar-refractivity contribution in [2.75, 3.05) is 6.54 Å². The molecule has 0 saturated heterocycles. The maximum atomic E-state index is 9.37. The minimum absolute atomic E-state index is 0.352. The summed E-state index contributed by atoms with van der Waals surface area (Å²) in [5.74, 6) is 0.517. The van der Waals surface area contributed by atoms with Crippen LogP contribution in [0, 0.1) is 5.92 Å². The highest BCUT2D eigenvalue weighted by Gasteiger charge is 2.18. The van der Waals surface area contributed by atoms with Gasteiger partial charge in [-0.25, -0.2) is 0 Å². The summed E-state index contributed by atoms with van der Waals surface area (Å²) >= 11 is 0. The van der Waals surface area contributed by atoms with Gasteiger partial charge in [0.05, 0.1) is 5.60 Å².